The van der Waals surface area contributed by atoms with E-state index < -0.39 is 0 Å². The first-order valence-electron chi connectivity index (χ1n) is 6.90. The number of nitrogens with zero attached hydrogens (tertiary/aromatic N) is 3. The van der Waals surface area contributed by atoms with Crippen molar-refractivity contribution < 1.29 is 9.53 Å². The van der Waals surface area contributed by atoms with E-state index in [4.69, 9.17) is 4.74 Å². The van der Waals surface area contributed by atoms with E-state index in [2.05, 4.69) is 15.0 Å². The average Bonchev–Trinajstić information content (AvgIpc) is 3.04. The third kappa shape index (κ3) is 2.71. The standard InChI is InChI=1S/C14H18N4O2S/c1-8-6-15-13(16-8)11-7-20-5-4-18(11)14(19)12-9(2)17-10(3)21-12/h6,11H,4-5,7H2,1-3H3,(H,15,16). The SMILES string of the molecule is Cc1cnc(C2COCCN2C(=O)c2sc(C)nc2C)[nH]1. The van der Waals surface area contributed by atoms with Gasteiger partial charge in [0.15, 0.2) is 0 Å². The molecule has 112 valence electrons. The van der Waals surface area contributed by atoms with Crippen LogP contribution in [0, 0.1) is 20.8 Å². The number of hydrogen-bond acceptors (Lipinski definition) is 5. The summed E-state index contributed by atoms with van der Waals surface area (Å²) >= 11 is 1.44. The van der Waals surface area contributed by atoms with E-state index >= 15 is 0 Å². The van der Waals surface area contributed by atoms with E-state index in [1.165, 1.54) is 11.3 Å². The number of nitrogens with one attached hydrogen (secondary N) is 1. The van der Waals surface area contributed by atoms with Gasteiger partial charge in [-0.1, -0.05) is 0 Å². The fourth-order valence-corrected chi connectivity index (χ4v) is 3.41. The molecule has 2 aromatic heterocycles. The van der Waals surface area contributed by atoms with Crippen molar-refractivity contribution in [1.29, 1.82) is 0 Å². The van der Waals surface area contributed by atoms with Crippen molar-refractivity contribution in [2.45, 2.75) is 26.8 Å². The molecule has 1 aliphatic heterocycles. The largest absolute Gasteiger partial charge is 0.377 e. The number of thiazole rings is 1. The molecule has 0 bridgehead atoms. The maximum atomic E-state index is 12.8. The van der Waals surface area contributed by atoms with Crippen LogP contribution in [0.2, 0.25) is 0 Å². The number of ether oxygens (including phenoxy) is 1. The van der Waals surface area contributed by atoms with Gasteiger partial charge in [0, 0.05) is 18.4 Å². The molecule has 1 aliphatic rings. The Morgan fingerprint density at radius 2 is 2.29 bits per heavy atom. The van der Waals surface area contributed by atoms with Crippen LogP contribution in [0.5, 0.6) is 0 Å². The molecule has 3 heterocycles. The second-order valence-electron chi connectivity index (χ2n) is 5.19. The molecular formula is C14H18N4O2S. The van der Waals surface area contributed by atoms with E-state index in [9.17, 15) is 4.79 Å². The molecule has 0 saturated carbocycles. The first-order chi connectivity index (χ1) is 10.1. The molecule has 1 saturated heterocycles. The Hall–Kier alpha value is -1.73. The molecular weight excluding hydrogens is 288 g/mol. The van der Waals surface area contributed by atoms with Gasteiger partial charge in [0.25, 0.3) is 5.91 Å². The summed E-state index contributed by atoms with van der Waals surface area (Å²) in [4.78, 5) is 27.3. The molecule has 7 heteroatoms. The highest BCUT2D eigenvalue weighted by Gasteiger charge is 2.32. The van der Waals surface area contributed by atoms with E-state index in [1.807, 2.05) is 25.7 Å². The number of carbonyl (C=O) groups is 1. The fraction of sp³-hybridized carbons (Fsp3) is 0.500. The minimum atomic E-state index is -0.165. The second kappa shape index (κ2) is 5.57. The van der Waals surface area contributed by atoms with Gasteiger partial charge in [0.1, 0.15) is 16.7 Å². The highest BCUT2D eigenvalue weighted by atomic mass is 32.1. The Morgan fingerprint density at radius 3 is 2.90 bits per heavy atom. The van der Waals surface area contributed by atoms with Gasteiger partial charge in [0.2, 0.25) is 0 Å². The molecule has 6 nitrogen and oxygen atoms in total. The Kier molecular flexibility index (Phi) is 3.77. The number of aromatic nitrogens is 3. The molecule has 1 fully saturated rings. The highest BCUT2D eigenvalue weighted by molar-refractivity contribution is 7.13. The number of rotatable bonds is 2. The van der Waals surface area contributed by atoms with Gasteiger partial charge in [-0.25, -0.2) is 9.97 Å². The van der Waals surface area contributed by atoms with Crippen LogP contribution >= 0.6 is 11.3 Å². The van der Waals surface area contributed by atoms with Crippen LogP contribution in [0.3, 0.4) is 0 Å². The minimum absolute atomic E-state index is 0.0143. The molecule has 0 aliphatic carbocycles. The molecule has 3 rings (SSSR count). The molecule has 1 unspecified atom stereocenters. The molecule has 1 amide bonds. The Balaban J connectivity index is 1.90. The second-order valence-corrected chi connectivity index (χ2v) is 6.39. The number of imidazole rings is 1. The molecule has 0 spiro atoms. The highest BCUT2D eigenvalue weighted by Crippen LogP contribution is 2.27. The van der Waals surface area contributed by atoms with E-state index in [-0.39, 0.29) is 11.9 Å². The van der Waals surface area contributed by atoms with Crippen LogP contribution in [-0.4, -0.2) is 45.5 Å². The van der Waals surface area contributed by atoms with Crippen molar-refractivity contribution in [3.8, 4) is 0 Å². The van der Waals surface area contributed by atoms with Gasteiger partial charge in [-0.2, -0.15) is 0 Å². The summed E-state index contributed by atoms with van der Waals surface area (Å²) in [6.45, 7) is 7.33. The third-order valence-corrected chi connectivity index (χ3v) is 4.59. The zero-order valence-corrected chi connectivity index (χ0v) is 13.2. The number of morpholine rings is 1. The summed E-state index contributed by atoms with van der Waals surface area (Å²) in [6, 6.07) is -0.165. The normalized spacial score (nSPS) is 19.0. The summed E-state index contributed by atoms with van der Waals surface area (Å²) in [5.74, 6) is 0.792. The molecule has 0 radical (unpaired) electrons. The monoisotopic (exact) mass is 306 g/mol. The quantitative estimate of drug-likeness (QED) is 0.921. The maximum absolute atomic E-state index is 12.8. The van der Waals surface area contributed by atoms with Gasteiger partial charge in [-0.3, -0.25) is 4.79 Å². The summed E-state index contributed by atoms with van der Waals surface area (Å²) in [7, 11) is 0. The van der Waals surface area contributed by atoms with E-state index in [0.29, 0.717) is 24.6 Å². The summed E-state index contributed by atoms with van der Waals surface area (Å²) in [6.07, 6.45) is 1.77. The lowest BCUT2D eigenvalue weighted by atomic mass is 10.2. The van der Waals surface area contributed by atoms with Crippen molar-refractivity contribution in [2.75, 3.05) is 19.8 Å². The van der Waals surface area contributed by atoms with Crippen molar-refractivity contribution in [3.63, 3.8) is 0 Å². The lowest BCUT2D eigenvalue weighted by Crippen LogP contribution is -2.43. The van der Waals surface area contributed by atoms with Gasteiger partial charge in [-0.05, 0) is 20.8 Å². The number of hydrogen-bond donors (Lipinski definition) is 1. The van der Waals surface area contributed by atoms with Crippen LogP contribution in [0.4, 0.5) is 0 Å². The molecule has 2 aromatic rings. The predicted molar refractivity (Wildman–Crippen MR) is 79.5 cm³/mol. The van der Waals surface area contributed by atoms with E-state index in [1.54, 1.807) is 6.20 Å². The first-order valence-corrected chi connectivity index (χ1v) is 7.72. The Labute approximate surface area is 127 Å². The van der Waals surface area contributed by atoms with Gasteiger partial charge in [0.05, 0.1) is 23.9 Å². The lowest BCUT2D eigenvalue weighted by molar-refractivity contribution is -0.00480. The number of aromatic amines is 1. The van der Waals surface area contributed by atoms with Gasteiger partial charge < -0.3 is 14.6 Å². The van der Waals surface area contributed by atoms with Crippen molar-refractivity contribution in [3.05, 3.63) is 33.3 Å². The lowest BCUT2D eigenvalue weighted by Gasteiger charge is -2.34. The summed E-state index contributed by atoms with van der Waals surface area (Å²) < 4.78 is 5.53. The van der Waals surface area contributed by atoms with Crippen LogP contribution < -0.4 is 0 Å². The average molecular weight is 306 g/mol. The zero-order chi connectivity index (χ0) is 15.0. The maximum Gasteiger partial charge on any atom is 0.266 e. The number of H-pyrrole nitrogens is 1. The molecule has 21 heavy (non-hydrogen) atoms. The molecule has 1 atom stereocenters. The molecule has 1 N–H and O–H groups in total. The Morgan fingerprint density at radius 1 is 1.48 bits per heavy atom. The summed E-state index contributed by atoms with van der Waals surface area (Å²) in [5, 5.41) is 0.912. The number of carbonyl (C=O) groups excluding carboxylic acids is 1. The fourth-order valence-electron chi connectivity index (χ4n) is 2.54. The summed E-state index contributed by atoms with van der Waals surface area (Å²) in [5.41, 5.74) is 1.77. The molecule has 0 aromatic carbocycles. The van der Waals surface area contributed by atoms with Crippen molar-refractivity contribution in [2.24, 2.45) is 0 Å². The zero-order valence-electron chi connectivity index (χ0n) is 12.3. The minimum Gasteiger partial charge on any atom is -0.377 e. The predicted octanol–water partition coefficient (Wildman–Crippen LogP) is 2.01. The van der Waals surface area contributed by atoms with Gasteiger partial charge in [-0.15, -0.1) is 11.3 Å². The van der Waals surface area contributed by atoms with Crippen LogP contribution in [-0.2, 0) is 4.74 Å². The van der Waals surface area contributed by atoms with Crippen LogP contribution in [0.1, 0.15) is 37.9 Å². The third-order valence-electron chi connectivity index (χ3n) is 3.53. The van der Waals surface area contributed by atoms with Gasteiger partial charge >= 0.3 is 0 Å². The van der Waals surface area contributed by atoms with Crippen LogP contribution in [0.25, 0.3) is 0 Å². The topological polar surface area (TPSA) is 71.1 Å². The smallest absolute Gasteiger partial charge is 0.266 e. The number of aryl methyl sites for hydroxylation is 3. The Bertz CT molecular complexity index is 664. The number of amides is 1. The van der Waals surface area contributed by atoms with Crippen molar-refractivity contribution >= 4 is 17.2 Å². The van der Waals surface area contributed by atoms with Crippen molar-refractivity contribution in [1.82, 2.24) is 19.9 Å². The van der Waals surface area contributed by atoms with Crippen LogP contribution in [0.15, 0.2) is 6.20 Å². The van der Waals surface area contributed by atoms with E-state index in [0.717, 1.165) is 22.2 Å². The first kappa shape index (κ1) is 14.2.